The lowest BCUT2D eigenvalue weighted by Crippen LogP contribution is -2.12. The van der Waals surface area contributed by atoms with Crippen molar-refractivity contribution >= 4 is 15.9 Å². The summed E-state index contributed by atoms with van der Waals surface area (Å²) in [7, 11) is 0. The van der Waals surface area contributed by atoms with Crippen LogP contribution < -0.4 is 5.73 Å². The van der Waals surface area contributed by atoms with Gasteiger partial charge in [0.2, 0.25) is 0 Å². The molecule has 4 heteroatoms. The van der Waals surface area contributed by atoms with E-state index in [1.807, 2.05) is 0 Å². The highest BCUT2D eigenvalue weighted by molar-refractivity contribution is 9.09. The van der Waals surface area contributed by atoms with Crippen molar-refractivity contribution in [2.45, 2.75) is 0 Å². The normalized spacial score (nSPS) is 10.2. The van der Waals surface area contributed by atoms with Crippen LogP contribution in [-0.4, -0.2) is 38.3 Å². The van der Waals surface area contributed by atoms with Crippen LogP contribution in [0.25, 0.3) is 0 Å². The van der Waals surface area contributed by atoms with Crippen molar-refractivity contribution in [2.75, 3.05) is 38.3 Å². The second-order valence-corrected chi connectivity index (χ2v) is 2.50. The van der Waals surface area contributed by atoms with E-state index < -0.39 is 0 Å². The molecular weight excluding hydrogens is 198 g/mol. The van der Waals surface area contributed by atoms with Gasteiger partial charge in [0.15, 0.2) is 0 Å². The van der Waals surface area contributed by atoms with Gasteiger partial charge in [-0.3, -0.25) is 0 Å². The largest absolute Gasteiger partial charge is 0.378 e. The van der Waals surface area contributed by atoms with Gasteiger partial charge >= 0.3 is 0 Å². The van der Waals surface area contributed by atoms with Crippen LogP contribution in [0.2, 0.25) is 0 Å². The third-order valence-electron chi connectivity index (χ3n) is 0.856. The number of hydrogen-bond donors (Lipinski definition) is 1. The van der Waals surface area contributed by atoms with E-state index in [0.29, 0.717) is 26.4 Å². The third-order valence-corrected chi connectivity index (χ3v) is 1.18. The van der Waals surface area contributed by atoms with E-state index in [0.717, 1.165) is 11.9 Å². The Morgan fingerprint density at radius 2 is 1.60 bits per heavy atom. The highest BCUT2D eigenvalue weighted by Crippen LogP contribution is 1.82. The molecule has 0 aromatic heterocycles. The summed E-state index contributed by atoms with van der Waals surface area (Å²) in [6, 6.07) is 0. The van der Waals surface area contributed by atoms with Crippen molar-refractivity contribution in [3.8, 4) is 0 Å². The molecule has 0 unspecified atom stereocenters. The van der Waals surface area contributed by atoms with E-state index in [4.69, 9.17) is 15.2 Å². The van der Waals surface area contributed by atoms with Crippen LogP contribution >= 0.6 is 15.9 Å². The number of halogens is 1. The molecule has 0 spiro atoms. The van der Waals surface area contributed by atoms with Crippen LogP contribution in [0.15, 0.2) is 0 Å². The van der Waals surface area contributed by atoms with Crippen LogP contribution in [-0.2, 0) is 9.47 Å². The Hall–Kier alpha value is 0.360. The highest BCUT2D eigenvalue weighted by Gasteiger charge is 1.86. The summed E-state index contributed by atoms with van der Waals surface area (Å²) in [4.78, 5) is 0. The first-order chi connectivity index (χ1) is 4.91. The first kappa shape index (κ1) is 10.4. The molecular formula is C6H14BrNO2. The summed E-state index contributed by atoms with van der Waals surface area (Å²) >= 11 is 3.25. The molecule has 10 heavy (non-hydrogen) atoms. The number of hydrogen-bond acceptors (Lipinski definition) is 3. The molecule has 2 N–H and O–H groups in total. The number of alkyl halides is 1. The maximum Gasteiger partial charge on any atom is 0.0701 e. The van der Waals surface area contributed by atoms with Gasteiger partial charge in [0, 0.05) is 11.9 Å². The van der Waals surface area contributed by atoms with Crippen molar-refractivity contribution in [2.24, 2.45) is 5.73 Å². The fourth-order valence-electron chi connectivity index (χ4n) is 0.460. The summed E-state index contributed by atoms with van der Waals surface area (Å²) in [5, 5.41) is 0.879. The van der Waals surface area contributed by atoms with Gasteiger partial charge in [-0.15, -0.1) is 0 Å². The number of ether oxygens (including phenoxy) is 2. The predicted octanol–water partition coefficient (Wildman–Crippen LogP) is 0.373. The van der Waals surface area contributed by atoms with Crippen LogP contribution in [0, 0.1) is 0 Å². The molecule has 0 fully saturated rings. The third kappa shape index (κ3) is 8.36. The molecule has 0 amide bonds. The fourth-order valence-corrected chi connectivity index (χ4v) is 0.689. The van der Waals surface area contributed by atoms with E-state index in [2.05, 4.69) is 15.9 Å². The summed E-state index contributed by atoms with van der Waals surface area (Å²) in [5.74, 6) is 0. The van der Waals surface area contributed by atoms with E-state index in [1.165, 1.54) is 0 Å². The second-order valence-electron chi connectivity index (χ2n) is 1.70. The van der Waals surface area contributed by atoms with Gasteiger partial charge < -0.3 is 15.2 Å². The van der Waals surface area contributed by atoms with Gasteiger partial charge in [-0.25, -0.2) is 0 Å². The minimum absolute atomic E-state index is 0.582. The van der Waals surface area contributed by atoms with Gasteiger partial charge in [-0.1, -0.05) is 15.9 Å². The lowest BCUT2D eigenvalue weighted by atomic mass is 10.7. The van der Waals surface area contributed by atoms with E-state index in [-0.39, 0.29) is 0 Å². The Balaban J connectivity index is 2.65. The molecule has 0 aromatic rings. The molecule has 0 saturated heterocycles. The maximum absolute atomic E-state index is 5.20. The standard InChI is InChI=1S/C6H14BrNO2/c7-1-3-9-5-6-10-4-2-8/h1-6,8H2. The van der Waals surface area contributed by atoms with Gasteiger partial charge in [0.05, 0.1) is 26.4 Å². The molecule has 0 aromatic carbocycles. The Labute approximate surface area is 70.0 Å². The van der Waals surface area contributed by atoms with E-state index in [9.17, 15) is 0 Å². The Bertz CT molecular complexity index is 55.7. The molecule has 0 aliphatic heterocycles. The van der Waals surface area contributed by atoms with Crippen LogP contribution in [0.5, 0.6) is 0 Å². The summed E-state index contributed by atoms with van der Waals surface area (Å²) in [5.41, 5.74) is 5.20. The fraction of sp³-hybridized carbons (Fsp3) is 1.00. The monoisotopic (exact) mass is 211 g/mol. The second kappa shape index (κ2) is 9.36. The van der Waals surface area contributed by atoms with Crippen molar-refractivity contribution in [1.82, 2.24) is 0 Å². The molecule has 0 rings (SSSR count). The lowest BCUT2D eigenvalue weighted by Gasteiger charge is -2.01. The molecule has 0 aliphatic rings. The van der Waals surface area contributed by atoms with E-state index in [1.54, 1.807) is 0 Å². The molecule has 0 heterocycles. The molecule has 0 bridgehead atoms. The van der Waals surface area contributed by atoms with Crippen molar-refractivity contribution in [3.05, 3.63) is 0 Å². The lowest BCUT2D eigenvalue weighted by molar-refractivity contribution is 0.0573. The summed E-state index contributed by atoms with van der Waals surface area (Å²) < 4.78 is 10.2. The predicted molar refractivity (Wildman–Crippen MR) is 44.5 cm³/mol. The topological polar surface area (TPSA) is 44.5 Å². The van der Waals surface area contributed by atoms with E-state index >= 15 is 0 Å². The molecule has 3 nitrogen and oxygen atoms in total. The average Bonchev–Trinajstić information content (AvgIpc) is 1.97. The summed E-state index contributed by atoms with van der Waals surface area (Å²) in [6.07, 6.45) is 0. The minimum Gasteiger partial charge on any atom is -0.378 e. The van der Waals surface area contributed by atoms with Crippen LogP contribution in [0.1, 0.15) is 0 Å². The van der Waals surface area contributed by atoms with Crippen molar-refractivity contribution in [3.63, 3.8) is 0 Å². The molecule has 0 atom stereocenters. The number of nitrogens with two attached hydrogens (primary N) is 1. The van der Waals surface area contributed by atoms with Crippen LogP contribution in [0.3, 0.4) is 0 Å². The number of rotatable bonds is 7. The molecule has 0 saturated carbocycles. The Kier molecular flexibility index (Phi) is 9.70. The van der Waals surface area contributed by atoms with Gasteiger partial charge in [0.25, 0.3) is 0 Å². The van der Waals surface area contributed by atoms with Gasteiger partial charge in [0.1, 0.15) is 0 Å². The SMILES string of the molecule is NCCOCCOCCBr. The zero-order valence-corrected chi connectivity index (χ0v) is 7.60. The first-order valence-electron chi connectivity index (χ1n) is 3.33. The average molecular weight is 212 g/mol. The first-order valence-corrected chi connectivity index (χ1v) is 4.45. The summed E-state index contributed by atoms with van der Waals surface area (Å²) in [6.45, 7) is 3.25. The Morgan fingerprint density at radius 1 is 1.00 bits per heavy atom. The zero-order valence-electron chi connectivity index (χ0n) is 6.01. The Morgan fingerprint density at radius 3 is 2.10 bits per heavy atom. The minimum atomic E-state index is 0.582. The smallest absolute Gasteiger partial charge is 0.0701 e. The zero-order chi connectivity index (χ0) is 7.66. The van der Waals surface area contributed by atoms with Gasteiger partial charge in [-0.2, -0.15) is 0 Å². The quantitative estimate of drug-likeness (QED) is 0.490. The van der Waals surface area contributed by atoms with Gasteiger partial charge in [-0.05, 0) is 0 Å². The molecule has 0 aliphatic carbocycles. The van der Waals surface area contributed by atoms with Crippen molar-refractivity contribution in [1.29, 1.82) is 0 Å². The maximum atomic E-state index is 5.20. The van der Waals surface area contributed by atoms with Crippen LogP contribution in [0.4, 0.5) is 0 Å². The highest BCUT2D eigenvalue weighted by atomic mass is 79.9. The molecule has 62 valence electrons. The van der Waals surface area contributed by atoms with Crippen molar-refractivity contribution < 1.29 is 9.47 Å². The molecule has 0 radical (unpaired) electrons.